The summed E-state index contributed by atoms with van der Waals surface area (Å²) in [6.45, 7) is 2.95. The first kappa shape index (κ1) is 14.6. The Morgan fingerprint density at radius 2 is 2.27 bits per heavy atom. The molecule has 1 aliphatic carbocycles. The molecule has 6 heteroatoms. The Hall–Kier alpha value is -2.37. The van der Waals surface area contributed by atoms with Gasteiger partial charge in [0.25, 0.3) is 0 Å². The van der Waals surface area contributed by atoms with E-state index in [1.807, 2.05) is 31.2 Å². The van der Waals surface area contributed by atoms with Gasteiger partial charge in [-0.05, 0) is 37.5 Å². The number of ether oxygens (including phenoxy) is 1. The fraction of sp³-hybridized carbons (Fsp3) is 0.438. The van der Waals surface area contributed by atoms with Gasteiger partial charge in [-0.15, -0.1) is 5.10 Å². The number of aromatic carboxylic acids is 1. The number of aryl methyl sites for hydroxylation is 1. The summed E-state index contributed by atoms with van der Waals surface area (Å²) in [6.07, 6.45) is 3.15. The van der Waals surface area contributed by atoms with Crippen LogP contribution < -0.4 is 4.74 Å². The summed E-state index contributed by atoms with van der Waals surface area (Å²) in [7, 11) is 0. The van der Waals surface area contributed by atoms with E-state index < -0.39 is 5.97 Å². The molecule has 0 unspecified atom stereocenters. The summed E-state index contributed by atoms with van der Waals surface area (Å²) in [5, 5.41) is 17.0. The number of carboxylic acids is 1. The number of benzene rings is 1. The van der Waals surface area contributed by atoms with Gasteiger partial charge in [0.15, 0.2) is 5.69 Å². The summed E-state index contributed by atoms with van der Waals surface area (Å²) >= 11 is 0. The average Bonchev–Trinajstić information content (AvgIpc) is 2.81. The van der Waals surface area contributed by atoms with E-state index in [0.717, 1.165) is 36.3 Å². The van der Waals surface area contributed by atoms with Gasteiger partial charge in [-0.1, -0.05) is 23.8 Å². The minimum Gasteiger partial charge on any atom is -0.492 e. The molecular formula is C16H19N3O3. The number of rotatable bonds is 6. The largest absolute Gasteiger partial charge is 0.492 e. The summed E-state index contributed by atoms with van der Waals surface area (Å²) in [5.74, 6) is 0.0663. The molecule has 1 heterocycles. The fourth-order valence-corrected chi connectivity index (χ4v) is 2.68. The van der Waals surface area contributed by atoms with Crippen LogP contribution in [0.3, 0.4) is 0 Å². The van der Waals surface area contributed by atoms with Crippen LogP contribution in [0.4, 0.5) is 0 Å². The van der Waals surface area contributed by atoms with E-state index in [1.54, 1.807) is 4.68 Å². The van der Waals surface area contributed by atoms with Crippen molar-refractivity contribution >= 4 is 5.97 Å². The Morgan fingerprint density at radius 1 is 1.45 bits per heavy atom. The van der Waals surface area contributed by atoms with E-state index in [4.69, 9.17) is 4.74 Å². The second-order valence-corrected chi connectivity index (χ2v) is 5.64. The van der Waals surface area contributed by atoms with Crippen LogP contribution >= 0.6 is 0 Å². The van der Waals surface area contributed by atoms with E-state index >= 15 is 0 Å². The summed E-state index contributed by atoms with van der Waals surface area (Å²) in [6, 6.07) is 7.83. The Bertz CT molecular complexity index is 677. The van der Waals surface area contributed by atoms with Crippen molar-refractivity contribution in [3.63, 3.8) is 0 Å². The van der Waals surface area contributed by atoms with Gasteiger partial charge < -0.3 is 9.84 Å². The quantitative estimate of drug-likeness (QED) is 0.887. The molecule has 0 spiro atoms. The van der Waals surface area contributed by atoms with E-state index in [-0.39, 0.29) is 11.6 Å². The molecule has 0 radical (unpaired) electrons. The molecule has 1 N–H and O–H groups in total. The molecule has 0 aliphatic heterocycles. The van der Waals surface area contributed by atoms with Crippen molar-refractivity contribution in [1.82, 2.24) is 15.0 Å². The van der Waals surface area contributed by atoms with Gasteiger partial charge in [0.2, 0.25) is 0 Å². The molecule has 1 aromatic heterocycles. The lowest BCUT2D eigenvalue weighted by atomic mass is 9.82. The van der Waals surface area contributed by atoms with Crippen molar-refractivity contribution in [3.05, 3.63) is 41.2 Å². The molecule has 0 saturated heterocycles. The second kappa shape index (κ2) is 6.17. The fourth-order valence-electron chi connectivity index (χ4n) is 2.68. The third-order valence-electron chi connectivity index (χ3n) is 4.03. The Balaban J connectivity index is 1.68. The molecule has 1 fully saturated rings. The van der Waals surface area contributed by atoms with E-state index in [0.29, 0.717) is 13.2 Å². The van der Waals surface area contributed by atoms with Crippen LogP contribution in [-0.2, 0) is 6.54 Å². The molecule has 1 aliphatic rings. The lowest BCUT2D eigenvalue weighted by Gasteiger charge is -2.26. The third kappa shape index (κ3) is 2.95. The number of carbonyl (C=O) groups is 1. The molecule has 0 amide bonds. The lowest BCUT2D eigenvalue weighted by Crippen LogP contribution is -2.20. The van der Waals surface area contributed by atoms with Crippen molar-refractivity contribution in [2.75, 3.05) is 6.61 Å². The predicted octanol–water partition coefficient (Wildman–Crippen LogP) is 2.63. The summed E-state index contributed by atoms with van der Waals surface area (Å²) < 4.78 is 7.39. The maximum absolute atomic E-state index is 11.3. The highest BCUT2D eigenvalue weighted by atomic mass is 16.5. The minimum absolute atomic E-state index is 0.0836. The minimum atomic E-state index is -1.01. The zero-order chi connectivity index (χ0) is 15.5. The lowest BCUT2D eigenvalue weighted by molar-refractivity contribution is 0.0687. The highest BCUT2D eigenvalue weighted by molar-refractivity contribution is 5.86. The molecule has 2 aromatic rings. The normalized spacial score (nSPS) is 14.6. The van der Waals surface area contributed by atoms with Crippen molar-refractivity contribution < 1.29 is 14.6 Å². The second-order valence-electron chi connectivity index (χ2n) is 5.64. The van der Waals surface area contributed by atoms with Crippen molar-refractivity contribution in [1.29, 1.82) is 0 Å². The first-order valence-electron chi connectivity index (χ1n) is 7.51. The predicted molar refractivity (Wildman–Crippen MR) is 80.2 cm³/mol. The van der Waals surface area contributed by atoms with Crippen LogP contribution in [0.15, 0.2) is 24.3 Å². The third-order valence-corrected chi connectivity index (χ3v) is 4.03. The molecule has 0 bridgehead atoms. The van der Waals surface area contributed by atoms with Crippen LogP contribution in [0.1, 0.15) is 46.9 Å². The SMILES string of the molecule is Cc1cccc(OCCn2nnc(C(=O)O)c2C2CCC2)c1. The zero-order valence-corrected chi connectivity index (χ0v) is 12.5. The highest BCUT2D eigenvalue weighted by Crippen LogP contribution is 2.37. The molecule has 1 saturated carbocycles. The zero-order valence-electron chi connectivity index (χ0n) is 12.5. The first-order chi connectivity index (χ1) is 10.6. The van der Waals surface area contributed by atoms with Crippen LogP contribution in [0, 0.1) is 6.92 Å². The maximum Gasteiger partial charge on any atom is 0.358 e. The number of hydrogen-bond acceptors (Lipinski definition) is 4. The topological polar surface area (TPSA) is 77.2 Å². The van der Waals surface area contributed by atoms with Crippen molar-refractivity contribution in [3.8, 4) is 5.75 Å². The molecule has 3 rings (SSSR count). The highest BCUT2D eigenvalue weighted by Gasteiger charge is 2.30. The van der Waals surface area contributed by atoms with Crippen LogP contribution in [0.25, 0.3) is 0 Å². The number of carboxylic acid groups (broad SMARTS) is 1. The molecule has 22 heavy (non-hydrogen) atoms. The van der Waals surface area contributed by atoms with Crippen molar-refractivity contribution in [2.45, 2.75) is 38.6 Å². The first-order valence-corrected chi connectivity index (χ1v) is 7.51. The van der Waals surface area contributed by atoms with Crippen LogP contribution in [-0.4, -0.2) is 32.7 Å². The molecule has 0 atom stereocenters. The number of hydrogen-bond donors (Lipinski definition) is 1. The van der Waals surface area contributed by atoms with Gasteiger partial charge in [0, 0.05) is 5.92 Å². The van der Waals surface area contributed by atoms with Gasteiger partial charge in [-0.25, -0.2) is 9.48 Å². The standard InChI is InChI=1S/C16H19N3O3/c1-11-4-2-7-13(10-11)22-9-8-19-15(12-5-3-6-12)14(16(20)21)17-18-19/h2,4,7,10,12H,3,5-6,8-9H2,1H3,(H,20,21). The van der Waals surface area contributed by atoms with E-state index in [9.17, 15) is 9.90 Å². The number of nitrogens with zero attached hydrogens (tertiary/aromatic N) is 3. The molecule has 6 nitrogen and oxygen atoms in total. The average molecular weight is 301 g/mol. The van der Waals surface area contributed by atoms with Gasteiger partial charge in [-0.3, -0.25) is 0 Å². The molecular weight excluding hydrogens is 282 g/mol. The Morgan fingerprint density at radius 3 is 2.91 bits per heavy atom. The van der Waals surface area contributed by atoms with E-state index in [1.165, 1.54) is 0 Å². The number of aromatic nitrogens is 3. The molecule has 1 aromatic carbocycles. The van der Waals surface area contributed by atoms with Crippen LogP contribution in [0.2, 0.25) is 0 Å². The van der Waals surface area contributed by atoms with Crippen LogP contribution in [0.5, 0.6) is 5.75 Å². The van der Waals surface area contributed by atoms with Gasteiger partial charge >= 0.3 is 5.97 Å². The van der Waals surface area contributed by atoms with Crippen molar-refractivity contribution in [2.24, 2.45) is 0 Å². The van der Waals surface area contributed by atoms with E-state index in [2.05, 4.69) is 10.3 Å². The Kier molecular flexibility index (Phi) is 4.09. The smallest absolute Gasteiger partial charge is 0.358 e. The van der Waals surface area contributed by atoms with Gasteiger partial charge in [-0.2, -0.15) is 0 Å². The molecule has 116 valence electrons. The Labute approximate surface area is 128 Å². The summed E-state index contributed by atoms with van der Waals surface area (Å²) in [4.78, 5) is 11.3. The summed E-state index contributed by atoms with van der Waals surface area (Å²) in [5.41, 5.74) is 1.97. The van der Waals surface area contributed by atoms with Gasteiger partial charge in [0.1, 0.15) is 12.4 Å². The van der Waals surface area contributed by atoms with Gasteiger partial charge in [0.05, 0.1) is 12.2 Å². The monoisotopic (exact) mass is 301 g/mol. The maximum atomic E-state index is 11.3.